The third kappa shape index (κ3) is 3.84. The summed E-state index contributed by atoms with van der Waals surface area (Å²) in [6.07, 6.45) is 1.75. The van der Waals surface area contributed by atoms with E-state index in [0.717, 1.165) is 16.8 Å². The molecule has 1 amide bonds. The van der Waals surface area contributed by atoms with E-state index < -0.39 is 5.60 Å². The molecule has 1 aromatic carbocycles. The number of carbonyl (C=O) groups excluding carboxylic acids is 1. The predicted octanol–water partition coefficient (Wildman–Crippen LogP) is 1.29. The maximum atomic E-state index is 12.1. The van der Waals surface area contributed by atoms with Crippen LogP contribution in [-0.2, 0) is 16.8 Å². The van der Waals surface area contributed by atoms with Crippen molar-refractivity contribution in [1.82, 2.24) is 25.5 Å². The summed E-state index contributed by atoms with van der Waals surface area (Å²) < 4.78 is 1.54. The van der Waals surface area contributed by atoms with Crippen LogP contribution in [0.1, 0.15) is 18.1 Å². The van der Waals surface area contributed by atoms with Crippen LogP contribution in [0.5, 0.6) is 0 Å². The van der Waals surface area contributed by atoms with Gasteiger partial charge in [-0.1, -0.05) is 12.1 Å². The van der Waals surface area contributed by atoms with Crippen LogP contribution < -0.4 is 5.32 Å². The summed E-state index contributed by atoms with van der Waals surface area (Å²) >= 11 is 1.51. The Morgan fingerprint density at radius 1 is 1.33 bits per heavy atom. The number of hydrogen-bond donors (Lipinski definition) is 2. The number of benzene rings is 1. The number of aliphatic hydroxyl groups is 1. The molecule has 0 aliphatic heterocycles. The van der Waals surface area contributed by atoms with Gasteiger partial charge in [-0.3, -0.25) is 4.79 Å². The second kappa shape index (κ2) is 6.90. The first-order valence-corrected chi connectivity index (χ1v) is 8.33. The standard InChI is InChI=1S/C16H17N5O2S/c1-16(23,13-6-7-24-9-13)10-17-15(22)8-12-2-4-14(5-3-12)21-11-18-19-20-21/h2-7,9,11,23H,8,10H2,1H3,(H,17,22). The largest absolute Gasteiger partial charge is 0.384 e. The highest BCUT2D eigenvalue weighted by Gasteiger charge is 2.24. The first-order chi connectivity index (χ1) is 11.5. The van der Waals surface area contributed by atoms with Gasteiger partial charge in [-0.2, -0.15) is 11.3 Å². The number of nitrogens with one attached hydrogen (secondary N) is 1. The van der Waals surface area contributed by atoms with Gasteiger partial charge in [-0.05, 0) is 57.4 Å². The van der Waals surface area contributed by atoms with Gasteiger partial charge in [0.2, 0.25) is 5.91 Å². The first kappa shape index (κ1) is 16.3. The monoisotopic (exact) mass is 343 g/mol. The highest BCUT2D eigenvalue weighted by Crippen LogP contribution is 2.22. The van der Waals surface area contributed by atoms with Crippen LogP contribution >= 0.6 is 11.3 Å². The number of hydrogen-bond acceptors (Lipinski definition) is 6. The van der Waals surface area contributed by atoms with Gasteiger partial charge in [0.25, 0.3) is 0 Å². The fraction of sp³-hybridized carbons (Fsp3) is 0.250. The third-order valence-electron chi connectivity index (χ3n) is 3.69. The Kier molecular flexibility index (Phi) is 4.68. The fourth-order valence-electron chi connectivity index (χ4n) is 2.24. The summed E-state index contributed by atoms with van der Waals surface area (Å²) in [6.45, 7) is 1.86. The van der Waals surface area contributed by atoms with Crippen molar-refractivity contribution in [3.8, 4) is 5.69 Å². The number of nitrogens with zero attached hydrogens (tertiary/aromatic N) is 4. The number of aromatic nitrogens is 4. The molecule has 0 spiro atoms. The van der Waals surface area contributed by atoms with E-state index in [1.54, 1.807) is 11.6 Å². The number of carbonyl (C=O) groups is 1. The number of tetrazole rings is 1. The topological polar surface area (TPSA) is 92.9 Å². The summed E-state index contributed by atoms with van der Waals surface area (Å²) in [5.41, 5.74) is 1.43. The zero-order chi connectivity index (χ0) is 17.0. The van der Waals surface area contributed by atoms with E-state index in [9.17, 15) is 9.90 Å². The molecule has 0 aliphatic rings. The minimum Gasteiger partial charge on any atom is -0.384 e. The van der Waals surface area contributed by atoms with Crippen LogP contribution in [0.15, 0.2) is 47.4 Å². The van der Waals surface area contributed by atoms with Crippen molar-refractivity contribution in [2.24, 2.45) is 0 Å². The summed E-state index contributed by atoms with van der Waals surface area (Å²) in [5, 5.41) is 27.9. The Balaban J connectivity index is 1.55. The molecule has 0 saturated carbocycles. The van der Waals surface area contributed by atoms with Crippen LogP contribution in [-0.4, -0.2) is 37.8 Å². The molecular formula is C16H17N5O2S. The van der Waals surface area contributed by atoms with Gasteiger partial charge >= 0.3 is 0 Å². The SMILES string of the molecule is CC(O)(CNC(=O)Cc1ccc(-n2cnnn2)cc1)c1ccsc1. The Morgan fingerprint density at radius 2 is 2.12 bits per heavy atom. The lowest BCUT2D eigenvalue weighted by atomic mass is 9.99. The highest BCUT2D eigenvalue weighted by atomic mass is 32.1. The first-order valence-electron chi connectivity index (χ1n) is 7.39. The molecular weight excluding hydrogens is 326 g/mol. The predicted molar refractivity (Wildman–Crippen MR) is 89.8 cm³/mol. The van der Waals surface area contributed by atoms with Crippen molar-refractivity contribution in [3.05, 3.63) is 58.5 Å². The molecule has 24 heavy (non-hydrogen) atoms. The fourth-order valence-corrected chi connectivity index (χ4v) is 3.02. The quantitative estimate of drug-likeness (QED) is 0.703. The molecule has 0 saturated heterocycles. The minimum absolute atomic E-state index is 0.138. The van der Waals surface area contributed by atoms with Gasteiger partial charge in [-0.25, -0.2) is 4.68 Å². The molecule has 8 heteroatoms. The van der Waals surface area contributed by atoms with E-state index in [1.807, 2.05) is 41.1 Å². The molecule has 1 unspecified atom stereocenters. The molecule has 2 N–H and O–H groups in total. The molecule has 3 aromatic rings. The van der Waals surface area contributed by atoms with Crippen LogP contribution in [0.4, 0.5) is 0 Å². The molecule has 3 rings (SSSR count). The molecule has 0 fully saturated rings. The van der Waals surface area contributed by atoms with Crippen LogP contribution in [0.3, 0.4) is 0 Å². The average molecular weight is 343 g/mol. The van der Waals surface area contributed by atoms with E-state index in [0.29, 0.717) is 0 Å². The Labute approximate surface area is 142 Å². The third-order valence-corrected chi connectivity index (χ3v) is 4.37. The lowest BCUT2D eigenvalue weighted by molar-refractivity contribution is -0.121. The number of rotatable bonds is 6. The second-order valence-corrected chi connectivity index (χ2v) is 6.44. The zero-order valence-corrected chi connectivity index (χ0v) is 13.9. The Bertz CT molecular complexity index is 783. The van der Waals surface area contributed by atoms with E-state index in [-0.39, 0.29) is 18.9 Å². The molecule has 2 aromatic heterocycles. The van der Waals surface area contributed by atoms with Gasteiger partial charge in [0.15, 0.2) is 0 Å². The van der Waals surface area contributed by atoms with E-state index in [4.69, 9.17) is 0 Å². The van der Waals surface area contributed by atoms with Gasteiger partial charge < -0.3 is 10.4 Å². The summed E-state index contributed by atoms with van der Waals surface area (Å²) in [7, 11) is 0. The van der Waals surface area contributed by atoms with Crippen molar-refractivity contribution >= 4 is 17.2 Å². The second-order valence-electron chi connectivity index (χ2n) is 5.66. The van der Waals surface area contributed by atoms with Gasteiger partial charge in [0.05, 0.1) is 18.7 Å². The van der Waals surface area contributed by atoms with Crippen molar-refractivity contribution in [1.29, 1.82) is 0 Å². The van der Waals surface area contributed by atoms with Crippen LogP contribution in [0.25, 0.3) is 5.69 Å². The van der Waals surface area contributed by atoms with E-state index in [1.165, 1.54) is 17.7 Å². The molecule has 1 atom stereocenters. The lowest BCUT2D eigenvalue weighted by Gasteiger charge is -2.22. The van der Waals surface area contributed by atoms with Gasteiger partial charge in [-0.15, -0.1) is 5.10 Å². The zero-order valence-electron chi connectivity index (χ0n) is 13.1. The smallest absolute Gasteiger partial charge is 0.224 e. The molecule has 2 heterocycles. The maximum Gasteiger partial charge on any atom is 0.224 e. The van der Waals surface area contributed by atoms with Crippen molar-refractivity contribution in [3.63, 3.8) is 0 Å². The van der Waals surface area contributed by atoms with Crippen LogP contribution in [0, 0.1) is 0 Å². The summed E-state index contributed by atoms with van der Waals surface area (Å²) in [4.78, 5) is 12.1. The van der Waals surface area contributed by atoms with E-state index >= 15 is 0 Å². The molecule has 0 aliphatic carbocycles. The highest BCUT2D eigenvalue weighted by molar-refractivity contribution is 7.08. The van der Waals surface area contributed by atoms with Crippen molar-refractivity contribution in [2.45, 2.75) is 18.9 Å². The molecule has 0 radical (unpaired) electrons. The number of thiophene rings is 1. The summed E-state index contributed by atoms with van der Waals surface area (Å²) in [6, 6.07) is 9.26. The van der Waals surface area contributed by atoms with Gasteiger partial charge in [0.1, 0.15) is 11.9 Å². The number of amides is 1. The maximum absolute atomic E-state index is 12.1. The molecule has 7 nitrogen and oxygen atoms in total. The summed E-state index contributed by atoms with van der Waals surface area (Å²) in [5.74, 6) is -0.138. The van der Waals surface area contributed by atoms with Gasteiger partial charge in [0, 0.05) is 0 Å². The Hall–Kier alpha value is -2.58. The van der Waals surface area contributed by atoms with Crippen molar-refractivity contribution in [2.75, 3.05) is 6.54 Å². The lowest BCUT2D eigenvalue weighted by Crippen LogP contribution is -2.39. The van der Waals surface area contributed by atoms with E-state index in [2.05, 4.69) is 20.8 Å². The normalized spacial score (nSPS) is 13.4. The van der Waals surface area contributed by atoms with Crippen LogP contribution in [0.2, 0.25) is 0 Å². The van der Waals surface area contributed by atoms with Crippen molar-refractivity contribution < 1.29 is 9.90 Å². The molecule has 124 valence electrons. The molecule has 0 bridgehead atoms. The average Bonchev–Trinajstić information content (AvgIpc) is 3.27. The Morgan fingerprint density at radius 3 is 2.75 bits per heavy atom. The minimum atomic E-state index is -1.07.